The van der Waals surface area contributed by atoms with Crippen molar-refractivity contribution in [3.05, 3.63) is 87.8 Å². The Kier molecular flexibility index (Phi) is 11.4. The van der Waals surface area contributed by atoms with Gasteiger partial charge in [-0.1, -0.05) is 25.0 Å². The van der Waals surface area contributed by atoms with Gasteiger partial charge in [-0.2, -0.15) is 4.98 Å². The quantitative estimate of drug-likeness (QED) is 0.121. The highest BCUT2D eigenvalue weighted by Gasteiger charge is 2.34. The van der Waals surface area contributed by atoms with Crippen LogP contribution < -0.4 is 20.9 Å². The highest BCUT2D eigenvalue weighted by Crippen LogP contribution is 2.31. The molecule has 4 aliphatic rings. The Morgan fingerprint density at radius 2 is 1.77 bits per heavy atom. The van der Waals surface area contributed by atoms with Crippen LogP contribution in [0.2, 0.25) is 0 Å². The molecule has 2 atom stereocenters. The number of amides is 3. The summed E-state index contributed by atoms with van der Waals surface area (Å²) in [5.74, 6) is -0.136. The Balaban J connectivity index is 0.801. The van der Waals surface area contributed by atoms with Gasteiger partial charge in [0, 0.05) is 81.5 Å². The number of imide groups is 1. The number of hydrogen-bond donors (Lipinski definition) is 2. The summed E-state index contributed by atoms with van der Waals surface area (Å²) >= 11 is -1.32. The Hall–Kier alpha value is -5.16. The van der Waals surface area contributed by atoms with Crippen LogP contribution in [-0.4, -0.2) is 109 Å². The minimum absolute atomic E-state index is 0.0223. The van der Waals surface area contributed by atoms with E-state index in [0.29, 0.717) is 61.3 Å². The number of carbonyl (C=O) groups is 4. The molecule has 57 heavy (non-hydrogen) atoms. The monoisotopic (exact) mass is 794 g/mol. The first-order valence-corrected chi connectivity index (χ1v) is 20.7. The van der Waals surface area contributed by atoms with E-state index in [1.807, 2.05) is 39.2 Å². The van der Waals surface area contributed by atoms with Gasteiger partial charge in [0.2, 0.25) is 17.8 Å². The molecule has 8 rings (SSSR count). The Morgan fingerprint density at radius 3 is 2.49 bits per heavy atom. The third-order valence-electron chi connectivity index (χ3n) is 11.5. The number of aldehydes is 1. The molecule has 0 spiro atoms. The molecule has 1 aliphatic carbocycles. The topological polar surface area (TPSA) is 182 Å². The lowest BCUT2D eigenvalue weighted by Crippen LogP contribution is -2.53. The number of aromatic nitrogens is 3. The van der Waals surface area contributed by atoms with Crippen LogP contribution in [-0.2, 0) is 27.5 Å². The van der Waals surface area contributed by atoms with E-state index < -0.39 is 29.2 Å². The number of benzene rings is 2. The number of likely N-dealkylation sites (tertiary alicyclic amines) is 1. The number of piperidine rings is 2. The van der Waals surface area contributed by atoms with Crippen molar-refractivity contribution in [3.63, 3.8) is 0 Å². The Bertz CT molecular complexity index is 2220. The van der Waals surface area contributed by atoms with Crippen LogP contribution in [0.25, 0.3) is 11.0 Å². The summed E-state index contributed by atoms with van der Waals surface area (Å²) in [5.41, 5.74) is 1.95. The lowest BCUT2D eigenvalue weighted by Gasteiger charge is -2.39. The van der Waals surface area contributed by atoms with Crippen LogP contribution in [0.4, 0.5) is 5.95 Å². The maximum Gasteiger partial charge on any atom is 0.255 e. The second kappa shape index (κ2) is 16.7. The van der Waals surface area contributed by atoms with E-state index in [0.717, 1.165) is 49.5 Å². The zero-order valence-corrected chi connectivity index (χ0v) is 32.6. The van der Waals surface area contributed by atoms with Crippen LogP contribution in [0.5, 0.6) is 5.75 Å². The van der Waals surface area contributed by atoms with Crippen molar-refractivity contribution >= 4 is 52.4 Å². The lowest BCUT2D eigenvalue weighted by atomic mass is 9.99. The van der Waals surface area contributed by atoms with Crippen molar-refractivity contribution in [2.24, 2.45) is 0 Å². The van der Waals surface area contributed by atoms with Crippen molar-refractivity contribution in [1.82, 2.24) is 34.0 Å². The minimum atomic E-state index is -1.32. The van der Waals surface area contributed by atoms with E-state index >= 15 is 0 Å². The molecule has 2 aromatic carbocycles. The van der Waals surface area contributed by atoms with Gasteiger partial charge in [-0.25, -0.2) is 4.98 Å². The molecule has 4 aromatic rings. The lowest BCUT2D eigenvalue weighted by molar-refractivity contribution is -0.136. The molecular formula is C41H46N8O7S. The summed E-state index contributed by atoms with van der Waals surface area (Å²) < 4.78 is 23.5. The molecule has 298 valence electrons. The van der Waals surface area contributed by atoms with Gasteiger partial charge in [0.1, 0.15) is 23.5 Å². The molecule has 16 heteroatoms. The van der Waals surface area contributed by atoms with Crippen molar-refractivity contribution in [2.75, 3.05) is 38.5 Å². The molecule has 5 heterocycles. The number of likely N-dealkylation sites (N-methyl/N-ethyl adjacent to an activating group) is 1. The molecule has 0 bridgehead atoms. The first-order valence-electron chi connectivity index (χ1n) is 19.6. The number of anilines is 1. The molecule has 2 aromatic heterocycles. The SMILES string of the molecule is CN(C(=O)c1cc(CN2CC(Oc3ccc([S+]([O-])N4CCC(Nc5ncc6ccc(=O)n(C7CCCC7)c6n5)CC4)cc3)C2)ccc1C=O)C1CCC(=O)NC1=O. The Morgan fingerprint density at radius 1 is 1.02 bits per heavy atom. The maximum atomic E-state index is 13.5. The second-order valence-electron chi connectivity index (χ2n) is 15.4. The van der Waals surface area contributed by atoms with E-state index in [9.17, 15) is 28.5 Å². The standard InChI is InChI=1S/C41H46N8O7S/c1-46(35-13-14-36(51)44-39(35)53)40(54)34-20-26(6-7-28(34)25-50)22-47-23-32(24-47)56-31-9-11-33(12-10-31)57(55)48-18-16-29(17-19-48)43-41-42-21-27-8-15-37(52)49(38(27)45-41)30-4-2-3-5-30/h6-12,15,20-21,25,29-30,32,35H,2-5,13-14,16-19,22-24H2,1H3,(H,42,43,45)(H,44,51,53). The van der Waals surface area contributed by atoms with Gasteiger partial charge < -0.3 is 19.5 Å². The molecule has 0 radical (unpaired) electrons. The van der Waals surface area contributed by atoms with Gasteiger partial charge in [0.15, 0.2) is 11.2 Å². The van der Waals surface area contributed by atoms with Crippen LogP contribution >= 0.6 is 0 Å². The average molecular weight is 795 g/mol. The average Bonchev–Trinajstić information content (AvgIpc) is 3.74. The van der Waals surface area contributed by atoms with Gasteiger partial charge in [0.25, 0.3) is 11.5 Å². The van der Waals surface area contributed by atoms with Crippen molar-refractivity contribution < 1.29 is 28.5 Å². The number of ether oxygens (including phenoxy) is 1. The van der Waals surface area contributed by atoms with Crippen LogP contribution in [0.1, 0.15) is 83.7 Å². The molecule has 15 nitrogen and oxygen atoms in total. The van der Waals surface area contributed by atoms with Crippen LogP contribution in [0.3, 0.4) is 0 Å². The van der Waals surface area contributed by atoms with E-state index in [2.05, 4.69) is 20.5 Å². The van der Waals surface area contributed by atoms with Gasteiger partial charge >= 0.3 is 0 Å². The summed E-state index contributed by atoms with van der Waals surface area (Å²) in [6.45, 7) is 3.16. The smallest absolute Gasteiger partial charge is 0.255 e. The van der Waals surface area contributed by atoms with Crippen molar-refractivity contribution in [1.29, 1.82) is 0 Å². The summed E-state index contributed by atoms with van der Waals surface area (Å²) in [6, 6.07) is 15.4. The highest BCUT2D eigenvalue weighted by molar-refractivity contribution is 7.89. The van der Waals surface area contributed by atoms with Gasteiger partial charge in [-0.15, -0.1) is 4.31 Å². The number of fused-ring (bicyclic) bond motifs is 1. The van der Waals surface area contributed by atoms with Gasteiger partial charge in [-0.05, 0) is 74.1 Å². The number of rotatable bonds is 12. The first-order chi connectivity index (χ1) is 27.6. The minimum Gasteiger partial charge on any atom is -0.593 e. The van der Waals surface area contributed by atoms with E-state index in [4.69, 9.17) is 9.72 Å². The molecular weight excluding hydrogens is 749 g/mol. The van der Waals surface area contributed by atoms with Crippen molar-refractivity contribution in [2.45, 2.75) is 87.0 Å². The summed E-state index contributed by atoms with van der Waals surface area (Å²) in [6.07, 6.45) is 8.51. The van der Waals surface area contributed by atoms with Gasteiger partial charge in [-0.3, -0.25) is 38.8 Å². The normalized spacial score (nSPS) is 20.6. The molecule has 4 fully saturated rings. The zero-order chi connectivity index (χ0) is 39.6. The number of nitrogens with one attached hydrogen (secondary N) is 2. The predicted molar refractivity (Wildman–Crippen MR) is 212 cm³/mol. The zero-order valence-electron chi connectivity index (χ0n) is 31.8. The fraction of sp³-hybridized carbons (Fsp3) is 0.439. The van der Waals surface area contributed by atoms with E-state index in [-0.39, 0.29) is 53.6 Å². The third kappa shape index (κ3) is 8.44. The number of carbonyl (C=O) groups excluding carboxylic acids is 4. The fourth-order valence-corrected chi connectivity index (χ4v) is 9.51. The highest BCUT2D eigenvalue weighted by atomic mass is 32.2. The summed E-state index contributed by atoms with van der Waals surface area (Å²) in [4.78, 5) is 75.4. The molecule has 3 aliphatic heterocycles. The molecule has 3 amide bonds. The fourth-order valence-electron chi connectivity index (χ4n) is 8.31. The van der Waals surface area contributed by atoms with E-state index in [1.165, 1.54) is 11.9 Å². The third-order valence-corrected chi connectivity index (χ3v) is 13.0. The molecule has 3 saturated heterocycles. The summed E-state index contributed by atoms with van der Waals surface area (Å²) in [7, 11) is 1.51. The van der Waals surface area contributed by atoms with Crippen molar-refractivity contribution in [3.8, 4) is 5.75 Å². The second-order valence-corrected chi connectivity index (χ2v) is 16.9. The summed E-state index contributed by atoms with van der Waals surface area (Å²) in [5, 5.41) is 6.59. The molecule has 2 N–H and O–H groups in total. The van der Waals surface area contributed by atoms with Crippen LogP contribution in [0.15, 0.2) is 70.5 Å². The molecule has 2 unspecified atom stereocenters. The van der Waals surface area contributed by atoms with E-state index in [1.54, 1.807) is 30.5 Å². The number of nitrogens with zero attached hydrogens (tertiary/aromatic N) is 6. The number of hydrogen-bond acceptors (Lipinski definition) is 12. The van der Waals surface area contributed by atoms with Gasteiger partial charge in [0.05, 0.1) is 16.9 Å². The predicted octanol–water partition coefficient (Wildman–Crippen LogP) is 3.46. The number of pyridine rings is 1. The van der Waals surface area contributed by atoms with Crippen LogP contribution in [0, 0.1) is 0 Å². The first kappa shape index (κ1) is 38.7. The maximum absolute atomic E-state index is 13.5. The Labute approximate surface area is 333 Å². The molecule has 1 saturated carbocycles. The largest absolute Gasteiger partial charge is 0.593 e.